The van der Waals surface area contributed by atoms with Gasteiger partial charge in [0, 0.05) is 18.1 Å². The van der Waals surface area contributed by atoms with Gasteiger partial charge in [-0.05, 0) is 60.2 Å². The fourth-order valence-electron chi connectivity index (χ4n) is 4.41. The number of halogens is 1. The first-order valence-corrected chi connectivity index (χ1v) is 15.4. The highest BCUT2D eigenvalue weighted by atomic mass is 35.5. The Morgan fingerprint density at radius 3 is 2.12 bits per heavy atom. The number of sulfonamides is 1. The summed E-state index contributed by atoms with van der Waals surface area (Å²) in [6.07, 6.45) is 0.940. The third-order valence-electron chi connectivity index (χ3n) is 6.59. The van der Waals surface area contributed by atoms with Crippen LogP contribution in [-0.2, 0) is 32.6 Å². The molecule has 3 rings (SSSR count). The van der Waals surface area contributed by atoms with Crippen molar-refractivity contribution < 1.29 is 18.0 Å². The number of carbonyl (C=O) groups excluding carboxylic acids is 2. The average Bonchev–Trinajstić information content (AvgIpc) is 2.95. The maximum Gasteiger partial charge on any atom is 0.264 e. The zero-order chi connectivity index (χ0) is 29.3. The SMILES string of the molecule is CCc1ccccc1N(CC(=O)N(Cc1ccc(Cl)cc1)C(CC)C(=O)NCC(C)C)S(=O)(=O)c1ccccc1. The second kappa shape index (κ2) is 14.3. The first-order valence-electron chi connectivity index (χ1n) is 13.6. The summed E-state index contributed by atoms with van der Waals surface area (Å²) < 4.78 is 29.1. The molecule has 0 radical (unpaired) electrons. The lowest BCUT2D eigenvalue weighted by atomic mass is 10.1. The van der Waals surface area contributed by atoms with E-state index < -0.39 is 28.5 Å². The van der Waals surface area contributed by atoms with E-state index in [4.69, 9.17) is 11.6 Å². The van der Waals surface area contributed by atoms with E-state index in [0.29, 0.717) is 30.1 Å². The predicted molar refractivity (Wildman–Crippen MR) is 161 cm³/mol. The third-order valence-corrected chi connectivity index (χ3v) is 8.61. The van der Waals surface area contributed by atoms with Gasteiger partial charge < -0.3 is 10.2 Å². The topological polar surface area (TPSA) is 86.8 Å². The number of aryl methyl sites for hydroxylation is 1. The number of amides is 2. The van der Waals surface area contributed by atoms with Crippen LogP contribution in [0, 0.1) is 5.92 Å². The predicted octanol–water partition coefficient (Wildman–Crippen LogP) is 5.68. The molecule has 0 bridgehead atoms. The van der Waals surface area contributed by atoms with Crippen molar-refractivity contribution in [1.82, 2.24) is 10.2 Å². The lowest BCUT2D eigenvalue weighted by molar-refractivity contribution is -0.140. The van der Waals surface area contributed by atoms with E-state index in [-0.39, 0.29) is 23.3 Å². The van der Waals surface area contributed by atoms with Crippen molar-refractivity contribution in [2.45, 2.75) is 58.0 Å². The van der Waals surface area contributed by atoms with Gasteiger partial charge in [-0.15, -0.1) is 0 Å². The molecule has 9 heteroatoms. The second-order valence-electron chi connectivity index (χ2n) is 10.0. The molecule has 0 aliphatic rings. The van der Waals surface area contributed by atoms with Crippen LogP contribution in [0.25, 0.3) is 0 Å². The van der Waals surface area contributed by atoms with Crippen molar-refractivity contribution in [3.63, 3.8) is 0 Å². The van der Waals surface area contributed by atoms with Crippen LogP contribution in [0.5, 0.6) is 0 Å². The van der Waals surface area contributed by atoms with Gasteiger partial charge in [-0.1, -0.05) is 87.8 Å². The highest BCUT2D eigenvalue weighted by Crippen LogP contribution is 2.28. The standard InChI is InChI=1S/C31H38ClN3O4S/c1-5-25-12-10-11-15-29(25)35(40(38,39)27-13-8-7-9-14-27)22-30(36)34(21-24-16-18-26(32)19-17-24)28(6-2)31(37)33-20-23(3)4/h7-19,23,28H,5-6,20-22H2,1-4H3,(H,33,37). The summed E-state index contributed by atoms with van der Waals surface area (Å²) in [7, 11) is -4.10. The Morgan fingerprint density at radius 2 is 1.52 bits per heavy atom. The Hall–Kier alpha value is -3.36. The molecule has 1 N–H and O–H groups in total. The van der Waals surface area contributed by atoms with E-state index in [0.717, 1.165) is 15.4 Å². The average molecular weight is 584 g/mol. The van der Waals surface area contributed by atoms with Gasteiger partial charge in [0.15, 0.2) is 0 Å². The van der Waals surface area contributed by atoms with Gasteiger partial charge in [0.2, 0.25) is 11.8 Å². The summed E-state index contributed by atoms with van der Waals surface area (Å²) in [5.74, 6) is -0.518. The maximum atomic E-state index is 14.1. The number of carbonyl (C=O) groups is 2. The Labute approximate surface area is 243 Å². The Balaban J connectivity index is 2.06. The monoisotopic (exact) mass is 583 g/mol. The molecule has 7 nitrogen and oxygen atoms in total. The molecule has 0 aliphatic heterocycles. The Morgan fingerprint density at radius 1 is 0.900 bits per heavy atom. The van der Waals surface area contributed by atoms with Crippen molar-refractivity contribution in [1.29, 1.82) is 0 Å². The molecule has 214 valence electrons. The summed E-state index contributed by atoms with van der Waals surface area (Å²) in [5, 5.41) is 3.49. The minimum Gasteiger partial charge on any atom is -0.354 e. The number of benzene rings is 3. The number of nitrogens with zero attached hydrogens (tertiary/aromatic N) is 2. The molecule has 0 aliphatic carbocycles. The molecule has 3 aromatic carbocycles. The molecule has 0 aromatic heterocycles. The molecule has 1 atom stereocenters. The van der Waals surface area contributed by atoms with Crippen molar-refractivity contribution in [3.05, 3.63) is 95.0 Å². The molecular weight excluding hydrogens is 546 g/mol. The van der Waals surface area contributed by atoms with Crippen molar-refractivity contribution in [3.8, 4) is 0 Å². The van der Waals surface area contributed by atoms with Crippen molar-refractivity contribution in [2.24, 2.45) is 5.92 Å². The fraction of sp³-hybridized carbons (Fsp3) is 0.355. The van der Waals surface area contributed by atoms with E-state index in [1.54, 1.807) is 54.6 Å². The third kappa shape index (κ3) is 7.86. The number of para-hydroxylation sites is 1. The summed E-state index contributed by atoms with van der Waals surface area (Å²) in [4.78, 5) is 29.0. The molecule has 2 amide bonds. The molecule has 0 saturated carbocycles. The van der Waals surface area contributed by atoms with E-state index >= 15 is 0 Å². The van der Waals surface area contributed by atoms with Crippen LogP contribution in [-0.4, -0.2) is 44.3 Å². The molecule has 40 heavy (non-hydrogen) atoms. The van der Waals surface area contributed by atoms with Crippen LogP contribution in [0.1, 0.15) is 45.2 Å². The molecule has 0 spiro atoms. The first kappa shape index (κ1) is 31.2. The highest BCUT2D eigenvalue weighted by Gasteiger charge is 2.34. The first-order chi connectivity index (χ1) is 19.1. The minimum absolute atomic E-state index is 0.0830. The van der Waals surface area contributed by atoms with Crippen LogP contribution < -0.4 is 9.62 Å². The number of hydrogen-bond acceptors (Lipinski definition) is 4. The normalized spacial score (nSPS) is 12.2. The van der Waals surface area contributed by atoms with E-state index in [9.17, 15) is 18.0 Å². The zero-order valence-corrected chi connectivity index (χ0v) is 25.1. The molecule has 0 fully saturated rings. The largest absolute Gasteiger partial charge is 0.354 e. The van der Waals surface area contributed by atoms with Crippen LogP contribution in [0.15, 0.2) is 83.8 Å². The molecular formula is C31H38ClN3O4S. The summed E-state index contributed by atoms with van der Waals surface area (Å²) >= 11 is 6.08. The lowest BCUT2D eigenvalue weighted by Gasteiger charge is -2.33. The number of rotatable bonds is 13. The van der Waals surface area contributed by atoms with Gasteiger partial charge >= 0.3 is 0 Å². The number of hydrogen-bond donors (Lipinski definition) is 1. The number of nitrogens with one attached hydrogen (secondary N) is 1. The smallest absolute Gasteiger partial charge is 0.264 e. The summed E-state index contributed by atoms with van der Waals surface area (Å²) in [5.41, 5.74) is 2.01. The molecule has 0 heterocycles. The Bertz CT molecular complexity index is 1380. The van der Waals surface area contributed by atoms with E-state index in [1.165, 1.54) is 17.0 Å². The van der Waals surface area contributed by atoms with Gasteiger partial charge in [0.05, 0.1) is 10.6 Å². The molecule has 3 aromatic rings. The van der Waals surface area contributed by atoms with Gasteiger partial charge in [-0.3, -0.25) is 13.9 Å². The number of anilines is 1. The van der Waals surface area contributed by atoms with E-state index in [1.807, 2.05) is 39.8 Å². The van der Waals surface area contributed by atoms with Crippen LogP contribution >= 0.6 is 11.6 Å². The van der Waals surface area contributed by atoms with Crippen LogP contribution in [0.3, 0.4) is 0 Å². The van der Waals surface area contributed by atoms with Crippen molar-refractivity contribution >= 4 is 39.1 Å². The van der Waals surface area contributed by atoms with Crippen molar-refractivity contribution in [2.75, 3.05) is 17.4 Å². The van der Waals surface area contributed by atoms with E-state index in [2.05, 4.69) is 5.32 Å². The van der Waals surface area contributed by atoms with Gasteiger partial charge in [-0.25, -0.2) is 8.42 Å². The minimum atomic E-state index is -4.10. The second-order valence-corrected chi connectivity index (χ2v) is 12.3. The Kier molecular flexibility index (Phi) is 11.2. The summed E-state index contributed by atoms with van der Waals surface area (Å²) in [6, 6.07) is 21.5. The maximum absolute atomic E-state index is 14.1. The van der Waals surface area contributed by atoms with Gasteiger partial charge in [0.25, 0.3) is 10.0 Å². The van der Waals surface area contributed by atoms with Crippen LogP contribution in [0.4, 0.5) is 5.69 Å². The molecule has 0 saturated heterocycles. The highest BCUT2D eigenvalue weighted by molar-refractivity contribution is 7.92. The fourth-order valence-corrected chi connectivity index (χ4v) is 6.01. The van der Waals surface area contributed by atoms with Crippen LogP contribution in [0.2, 0.25) is 5.02 Å². The van der Waals surface area contributed by atoms with Gasteiger partial charge in [0.1, 0.15) is 12.6 Å². The van der Waals surface area contributed by atoms with Gasteiger partial charge in [-0.2, -0.15) is 0 Å². The quantitative estimate of drug-likeness (QED) is 0.281. The zero-order valence-electron chi connectivity index (χ0n) is 23.5. The molecule has 1 unspecified atom stereocenters. The lowest BCUT2D eigenvalue weighted by Crippen LogP contribution is -2.52. The summed E-state index contributed by atoms with van der Waals surface area (Å²) in [6.45, 7) is 7.90.